The Morgan fingerprint density at radius 1 is 1.29 bits per heavy atom. The summed E-state index contributed by atoms with van der Waals surface area (Å²) in [5.74, 6) is 0. The summed E-state index contributed by atoms with van der Waals surface area (Å²) < 4.78 is 1.81. The number of nitrogens with zero attached hydrogens (tertiary/aromatic N) is 3. The Labute approximate surface area is 82.6 Å². The lowest BCUT2D eigenvalue weighted by atomic mass is 10.3. The van der Waals surface area contributed by atoms with Gasteiger partial charge in [0.15, 0.2) is 0 Å². The van der Waals surface area contributed by atoms with E-state index in [-0.39, 0.29) is 0 Å². The predicted molar refractivity (Wildman–Crippen MR) is 55.6 cm³/mol. The number of hydrogen-bond donors (Lipinski definition) is 1. The first-order chi connectivity index (χ1) is 6.79. The minimum Gasteiger partial charge on any atom is -0.387 e. The van der Waals surface area contributed by atoms with E-state index in [1.54, 1.807) is 12.4 Å². The summed E-state index contributed by atoms with van der Waals surface area (Å²) in [5, 5.41) is 7.25. The van der Waals surface area contributed by atoms with Gasteiger partial charge in [0.2, 0.25) is 0 Å². The first-order valence-corrected chi connectivity index (χ1v) is 4.44. The van der Waals surface area contributed by atoms with Gasteiger partial charge >= 0.3 is 0 Å². The van der Waals surface area contributed by atoms with Crippen LogP contribution in [-0.4, -0.2) is 21.8 Å². The Kier molecular flexibility index (Phi) is 2.18. The van der Waals surface area contributed by atoms with Crippen LogP contribution in [0.4, 0.5) is 5.69 Å². The minimum absolute atomic E-state index is 0.963. The van der Waals surface area contributed by atoms with Crippen molar-refractivity contribution in [2.24, 2.45) is 0 Å². The number of pyridine rings is 1. The Balaban J connectivity index is 2.41. The van der Waals surface area contributed by atoms with Crippen molar-refractivity contribution in [3.8, 4) is 5.69 Å². The van der Waals surface area contributed by atoms with E-state index in [9.17, 15) is 0 Å². The number of nitrogens with one attached hydrogen (secondary N) is 1. The van der Waals surface area contributed by atoms with Crippen molar-refractivity contribution < 1.29 is 0 Å². The number of rotatable bonds is 2. The molecule has 0 fully saturated rings. The molecule has 0 aliphatic heterocycles. The Bertz CT molecular complexity index is 433. The molecule has 0 bridgehead atoms. The maximum absolute atomic E-state index is 4.21. The third-order valence-electron chi connectivity index (χ3n) is 1.99. The van der Waals surface area contributed by atoms with Crippen LogP contribution < -0.4 is 5.32 Å². The second-order valence-corrected chi connectivity index (χ2v) is 3.14. The van der Waals surface area contributed by atoms with E-state index in [1.807, 2.05) is 37.1 Å². The fourth-order valence-corrected chi connectivity index (χ4v) is 1.24. The molecule has 2 rings (SSSR count). The van der Waals surface area contributed by atoms with Crippen molar-refractivity contribution in [1.29, 1.82) is 0 Å². The lowest BCUT2D eigenvalue weighted by Gasteiger charge is -2.03. The van der Waals surface area contributed by atoms with Gasteiger partial charge in [-0.15, -0.1) is 0 Å². The highest BCUT2D eigenvalue weighted by atomic mass is 15.3. The highest BCUT2D eigenvalue weighted by Gasteiger charge is 1.99. The smallest absolute Gasteiger partial charge is 0.0849 e. The first kappa shape index (κ1) is 8.74. The molecule has 14 heavy (non-hydrogen) atoms. The summed E-state index contributed by atoms with van der Waals surface area (Å²) >= 11 is 0. The van der Waals surface area contributed by atoms with Gasteiger partial charge in [0.1, 0.15) is 0 Å². The maximum Gasteiger partial charge on any atom is 0.0849 e. The Morgan fingerprint density at radius 2 is 2.14 bits per heavy atom. The van der Waals surface area contributed by atoms with Crippen LogP contribution in [-0.2, 0) is 0 Å². The topological polar surface area (TPSA) is 42.7 Å². The first-order valence-electron chi connectivity index (χ1n) is 4.44. The molecule has 2 heterocycles. The highest BCUT2D eigenvalue weighted by Crippen LogP contribution is 2.11. The van der Waals surface area contributed by atoms with Crippen molar-refractivity contribution in [3.63, 3.8) is 0 Å². The molecule has 0 aromatic carbocycles. The van der Waals surface area contributed by atoms with Crippen LogP contribution in [0.15, 0.2) is 30.9 Å². The summed E-state index contributed by atoms with van der Waals surface area (Å²) in [6, 6.07) is 2.00. The zero-order valence-electron chi connectivity index (χ0n) is 8.23. The molecule has 0 unspecified atom stereocenters. The largest absolute Gasteiger partial charge is 0.387 e. The van der Waals surface area contributed by atoms with Gasteiger partial charge in [-0.1, -0.05) is 0 Å². The van der Waals surface area contributed by atoms with Crippen LogP contribution in [0.25, 0.3) is 5.69 Å². The molecule has 4 nitrogen and oxygen atoms in total. The second kappa shape index (κ2) is 3.49. The summed E-state index contributed by atoms with van der Waals surface area (Å²) in [6.45, 7) is 2.01. The molecule has 0 spiro atoms. The fourth-order valence-electron chi connectivity index (χ4n) is 1.24. The zero-order chi connectivity index (χ0) is 9.97. The zero-order valence-corrected chi connectivity index (χ0v) is 8.23. The number of hydrogen-bond acceptors (Lipinski definition) is 3. The van der Waals surface area contributed by atoms with Crippen molar-refractivity contribution in [2.45, 2.75) is 6.92 Å². The molecule has 72 valence electrons. The van der Waals surface area contributed by atoms with Gasteiger partial charge in [-0.3, -0.25) is 4.98 Å². The van der Waals surface area contributed by atoms with Gasteiger partial charge in [-0.2, -0.15) is 5.10 Å². The number of aryl methyl sites for hydroxylation is 1. The summed E-state index contributed by atoms with van der Waals surface area (Å²) in [6.07, 6.45) is 7.36. The third-order valence-corrected chi connectivity index (χ3v) is 1.99. The van der Waals surface area contributed by atoms with Gasteiger partial charge in [0, 0.05) is 13.2 Å². The van der Waals surface area contributed by atoms with E-state index < -0.39 is 0 Å². The van der Waals surface area contributed by atoms with Crippen molar-refractivity contribution >= 4 is 5.69 Å². The quantitative estimate of drug-likeness (QED) is 0.778. The summed E-state index contributed by atoms with van der Waals surface area (Å²) in [7, 11) is 1.87. The molecule has 2 aromatic heterocycles. The van der Waals surface area contributed by atoms with Crippen molar-refractivity contribution in [3.05, 3.63) is 36.4 Å². The van der Waals surface area contributed by atoms with E-state index in [0.717, 1.165) is 16.9 Å². The van der Waals surface area contributed by atoms with E-state index in [2.05, 4.69) is 15.4 Å². The van der Waals surface area contributed by atoms with Gasteiger partial charge < -0.3 is 5.32 Å². The second-order valence-electron chi connectivity index (χ2n) is 3.14. The average molecular weight is 188 g/mol. The van der Waals surface area contributed by atoms with Crippen LogP contribution in [0.1, 0.15) is 5.56 Å². The molecule has 0 radical (unpaired) electrons. The lowest BCUT2D eigenvalue weighted by Crippen LogP contribution is -1.97. The highest BCUT2D eigenvalue weighted by molar-refractivity contribution is 5.47. The molecule has 1 N–H and O–H groups in total. The van der Waals surface area contributed by atoms with E-state index in [1.165, 1.54) is 0 Å². The van der Waals surface area contributed by atoms with Gasteiger partial charge in [0.25, 0.3) is 0 Å². The number of aromatic nitrogens is 3. The third kappa shape index (κ3) is 1.59. The predicted octanol–water partition coefficient (Wildman–Crippen LogP) is 1.62. The molecule has 0 aliphatic carbocycles. The van der Waals surface area contributed by atoms with Crippen LogP contribution >= 0.6 is 0 Å². The number of anilines is 1. The van der Waals surface area contributed by atoms with E-state index in [4.69, 9.17) is 0 Å². The van der Waals surface area contributed by atoms with Crippen LogP contribution in [0.5, 0.6) is 0 Å². The minimum atomic E-state index is 0.963. The van der Waals surface area contributed by atoms with Gasteiger partial charge in [0.05, 0.1) is 30.0 Å². The SMILES string of the molecule is CNc1cncc(-n2cc(C)cn2)c1. The molecular formula is C10H12N4. The Hall–Kier alpha value is -1.84. The maximum atomic E-state index is 4.21. The van der Waals surface area contributed by atoms with Gasteiger partial charge in [-0.05, 0) is 18.6 Å². The van der Waals surface area contributed by atoms with E-state index in [0.29, 0.717) is 0 Å². The summed E-state index contributed by atoms with van der Waals surface area (Å²) in [4.78, 5) is 4.12. The summed E-state index contributed by atoms with van der Waals surface area (Å²) in [5.41, 5.74) is 3.08. The molecule has 0 amide bonds. The van der Waals surface area contributed by atoms with Gasteiger partial charge in [-0.25, -0.2) is 4.68 Å². The molecule has 0 saturated carbocycles. The average Bonchev–Trinajstić information content (AvgIpc) is 2.65. The molecule has 0 atom stereocenters. The monoisotopic (exact) mass is 188 g/mol. The van der Waals surface area contributed by atoms with Crippen LogP contribution in [0.3, 0.4) is 0 Å². The van der Waals surface area contributed by atoms with Crippen molar-refractivity contribution in [2.75, 3.05) is 12.4 Å². The standard InChI is InChI=1S/C10H12N4/c1-8-4-13-14(7-8)10-3-9(11-2)5-12-6-10/h3-7,11H,1-2H3. The normalized spacial score (nSPS) is 10.1. The fraction of sp³-hybridized carbons (Fsp3) is 0.200. The van der Waals surface area contributed by atoms with Crippen molar-refractivity contribution in [1.82, 2.24) is 14.8 Å². The molecule has 4 heteroatoms. The lowest BCUT2D eigenvalue weighted by molar-refractivity contribution is 0.874. The molecular weight excluding hydrogens is 176 g/mol. The van der Waals surface area contributed by atoms with Crippen LogP contribution in [0, 0.1) is 6.92 Å². The van der Waals surface area contributed by atoms with Crippen LogP contribution in [0.2, 0.25) is 0 Å². The Morgan fingerprint density at radius 3 is 2.79 bits per heavy atom. The van der Waals surface area contributed by atoms with E-state index >= 15 is 0 Å². The molecule has 2 aromatic rings. The molecule has 0 aliphatic rings. The molecule has 0 saturated heterocycles.